The average Bonchev–Trinajstić information content (AvgIpc) is 2.28. The van der Waals surface area contributed by atoms with Crippen LogP contribution in [0.25, 0.3) is 0 Å². The van der Waals surface area contributed by atoms with Crippen molar-refractivity contribution in [3.63, 3.8) is 0 Å². The number of hydrogen-bond acceptors (Lipinski definition) is 3. The highest BCUT2D eigenvalue weighted by Gasteiger charge is 2.24. The smallest absolute Gasteiger partial charge is 0.254 e. The zero-order valence-electron chi connectivity index (χ0n) is 10.7. The van der Waals surface area contributed by atoms with Crippen molar-refractivity contribution >= 4 is 5.91 Å². The fourth-order valence-corrected chi connectivity index (χ4v) is 1.44. The van der Waals surface area contributed by atoms with Crippen LogP contribution in [0.4, 0.5) is 0 Å². The highest BCUT2D eigenvalue weighted by molar-refractivity contribution is 5.95. The van der Waals surface area contributed by atoms with Crippen molar-refractivity contribution in [3.05, 3.63) is 29.1 Å². The minimum atomic E-state index is -0.825. The van der Waals surface area contributed by atoms with E-state index in [-0.39, 0.29) is 5.91 Å². The second-order valence-electron chi connectivity index (χ2n) is 4.34. The Morgan fingerprint density at radius 2 is 2.18 bits per heavy atom. The van der Waals surface area contributed by atoms with E-state index in [1.807, 2.05) is 13.8 Å². The van der Waals surface area contributed by atoms with Crippen LogP contribution in [-0.2, 0) is 0 Å². The van der Waals surface area contributed by atoms with E-state index < -0.39 is 5.54 Å². The van der Waals surface area contributed by atoms with Gasteiger partial charge in [-0.15, -0.1) is 0 Å². The molecule has 4 heteroatoms. The van der Waals surface area contributed by atoms with Gasteiger partial charge >= 0.3 is 0 Å². The molecule has 0 spiro atoms. The van der Waals surface area contributed by atoms with E-state index in [9.17, 15) is 4.79 Å². The molecule has 0 aliphatic rings. The Bertz CT molecular complexity index is 476. The third-order valence-corrected chi connectivity index (χ3v) is 2.81. The first-order valence-electron chi connectivity index (χ1n) is 5.60. The second-order valence-corrected chi connectivity index (χ2v) is 4.34. The molecule has 4 nitrogen and oxygen atoms in total. The van der Waals surface area contributed by atoms with Crippen molar-refractivity contribution < 1.29 is 4.79 Å². The maximum atomic E-state index is 12.0. The zero-order chi connectivity index (χ0) is 13.1. The largest absolute Gasteiger partial charge is 0.334 e. The number of nitrogens with one attached hydrogen (secondary N) is 1. The monoisotopic (exact) mass is 231 g/mol. The number of pyridine rings is 1. The Hall–Kier alpha value is -1.89. The summed E-state index contributed by atoms with van der Waals surface area (Å²) in [6, 6.07) is 5.63. The number of aryl methyl sites for hydroxylation is 2. The molecule has 1 amide bonds. The lowest BCUT2D eigenvalue weighted by molar-refractivity contribution is 0.0922. The third-order valence-electron chi connectivity index (χ3n) is 2.81. The molecule has 0 saturated heterocycles. The Labute approximate surface area is 102 Å². The highest BCUT2D eigenvalue weighted by atomic mass is 16.1. The molecule has 0 radical (unpaired) electrons. The molecule has 0 bridgehead atoms. The lowest BCUT2D eigenvalue weighted by Crippen LogP contribution is -2.44. The third kappa shape index (κ3) is 3.04. The summed E-state index contributed by atoms with van der Waals surface area (Å²) in [5.41, 5.74) is 1.25. The van der Waals surface area contributed by atoms with Gasteiger partial charge in [0.05, 0.1) is 17.3 Å². The van der Waals surface area contributed by atoms with Gasteiger partial charge in [0.15, 0.2) is 0 Å². The van der Waals surface area contributed by atoms with Crippen molar-refractivity contribution in [3.8, 4) is 6.07 Å². The van der Waals surface area contributed by atoms with Gasteiger partial charge in [-0.1, -0.05) is 6.92 Å². The number of nitrogens with zero attached hydrogens (tertiary/aromatic N) is 2. The van der Waals surface area contributed by atoms with E-state index in [1.165, 1.54) is 0 Å². The lowest BCUT2D eigenvalue weighted by Gasteiger charge is -2.21. The highest BCUT2D eigenvalue weighted by Crippen LogP contribution is 2.11. The van der Waals surface area contributed by atoms with Crippen LogP contribution in [0.3, 0.4) is 0 Å². The van der Waals surface area contributed by atoms with E-state index in [4.69, 9.17) is 5.26 Å². The van der Waals surface area contributed by atoms with E-state index in [2.05, 4.69) is 16.4 Å². The second kappa shape index (κ2) is 4.96. The van der Waals surface area contributed by atoms with Gasteiger partial charge in [0, 0.05) is 5.69 Å². The Balaban J connectivity index is 2.95. The lowest BCUT2D eigenvalue weighted by atomic mass is 10.0. The standard InChI is InChI=1S/C13H17N3O/c1-5-13(4,8-14)16-12(17)11-7-6-9(2)15-10(11)3/h6-7H,5H2,1-4H3,(H,16,17). The number of carbonyl (C=O) groups excluding carboxylic acids is 1. The van der Waals surface area contributed by atoms with Gasteiger partial charge in [0.2, 0.25) is 0 Å². The van der Waals surface area contributed by atoms with Crippen LogP contribution in [0.1, 0.15) is 42.0 Å². The molecule has 1 atom stereocenters. The van der Waals surface area contributed by atoms with E-state index in [0.717, 1.165) is 5.69 Å². The molecular formula is C13H17N3O. The van der Waals surface area contributed by atoms with E-state index in [0.29, 0.717) is 17.7 Å². The molecule has 1 unspecified atom stereocenters. The van der Waals surface area contributed by atoms with E-state index >= 15 is 0 Å². The van der Waals surface area contributed by atoms with Crippen molar-refractivity contribution in [2.24, 2.45) is 0 Å². The molecule has 1 N–H and O–H groups in total. The van der Waals surface area contributed by atoms with Crippen LogP contribution in [0.5, 0.6) is 0 Å². The minimum absolute atomic E-state index is 0.249. The van der Waals surface area contributed by atoms with Gasteiger partial charge in [-0.25, -0.2) is 0 Å². The summed E-state index contributed by atoms with van der Waals surface area (Å²) in [7, 11) is 0. The number of aromatic nitrogens is 1. The van der Waals surface area contributed by atoms with Crippen molar-refractivity contribution in [2.75, 3.05) is 0 Å². The average molecular weight is 231 g/mol. The molecular weight excluding hydrogens is 214 g/mol. The van der Waals surface area contributed by atoms with Crippen molar-refractivity contribution in [1.29, 1.82) is 5.26 Å². The fourth-order valence-electron chi connectivity index (χ4n) is 1.44. The molecule has 0 fully saturated rings. The van der Waals surface area contributed by atoms with Crippen LogP contribution in [0.2, 0.25) is 0 Å². The maximum Gasteiger partial charge on any atom is 0.254 e. The summed E-state index contributed by atoms with van der Waals surface area (Å²) in [4.78, 5) is 16.2. The SMILES string of the molecule is CCC(C)(C#N)NC(=O)c1ccc(C)nc1C. The minimum Gasteiger partial charge on any atom is -0.334 e. The van der Waals surface area contributed by atoms with Gasteiger partial charge < -0.3 is 5.32 Å². The summed E-state index contributed by atoms with van der Waals surface area (Å²) >= 11 is 0. The predicted octanol–water partition coefficient (Wildman–Crippen LogP) is 2.12. The topological polar surface area (TPSA) is 65.8 Å². The molecule has 1 aromatic heterocycles. The number of amides is 1. The summed E-state index contributed by atoms with van der Waals surface area (Å²) in [6.07, 6.45) is 0.563. The number of hydrogen-bond donors (Lipinski definition) is 1. The molecule has 0 aliphatic carbocycles. The quantitative estimate of drug-likeness (QED) is 0.866. The summed E-state index contributed by atoms with van der Waals surface area (Å²) in [5, 5.41) is 11.7. The van der Waals surface area contributed by atoms with Crippen molar-refractivity contribution in [2.45, 2.75) is 39.7 Å². The Kier molecular flexibility index (Phi) is 3.84. The van der Waals surface area contributed by atoms with Gasteiger partial charge in [0.25, 0.3) is 5.91 Å². The summed E-state index contributed by atoms with van der Waals surface area (Å²) in [5.74, 6) is -0.249. The normalized spacial score (nSPS) is 13.6. The van der Waals surface area contributed by atoms with Crippen LogP contribution in [0.15, 0.2) is 12.1 Å². The zero-order valence-corrected chi connectivity index (χ0v) is 10.7. The first kappa shape index (κ1) is 13.2. The number of nitriles is 1. The predicted molar refractivity (Wildman–Crippen MR) is 65.5 cm³/mol. The van der Waals surface area contributed by atoms with Crippen molar-refractivity contribution in [1.82, 2.24) is 10.3 Å². The molecule has 0 saturated carbocycles. The Morgan fingerprint density at radius 1 is 1.53 bits per heavy atom. The van der Waals surface area contributed by atoms with Crippen LogP contribution < -0.4 is 5.32 Å². The molecule has 1 heterocycles. The van der Waals surface area contributed by atoms with Gasteiger partial charge in [-0.05, 0) is 39.3 Å². The number of carbonyl (C=O) groups is 1. The molecule has 1 aromatic rings. The molecule has 17 heavy (non-hydrogen) atoms. The van der Waals surface area contributed by atoms with Gasteiger partial charge in [-0.2, -0.15) is 5.26 Å². The van der Waals surface area contributed by atoms with Crippen LogP contribution in [-0.4, -0.2) is 16.4 Å². The van der Waals surface area contributed by atoms with Crippen LogP contribution in [0, 0.1) is 25.2 Å². The molecule has 0 aliphatic heterocycles. The summed E-state index contributed by atoms with van der Waals surface area (Å²) < 4.78 is 0. The van der Waals surface area contributed by atoms with E-state index in [1.54, 1.807) is 26.0 Å². The molecule has 0 aromatic carbocycles. The summed E-state index contributed by atoms with van der Waals surface area (Å²) in [6.45, 7) is 7.24. The fraction of sp³-hybridized carbons (Fsp3) is 0.462. The van der Waals surface area contributed by atoms with Gasteiger partial charge in [0.1, 0.15) is 5.54 Å². The number of rotatable bonds is 3. The first-order valence-corrected chi connectivity index (χ1v) is 5.60. The molecule has 1 rings (SSSR count). The first-order chi connectivity index (χ1) is 7.91. The molecule has 90 valence electrons. The maximum absolute atomic E-state index is 12.0. The van der Waals surface area contributed by atoms with Gasteiger partial charge in [-0.3, -0.25) is 9.78 Å². The van der Waals surface area contributed by atoms with Crippen LogP contribution >= 0.6 is 0 Å². The Morgan fingerprint density at radius 3 is 2.65 bits per heavy atom.